The van der Waals surface area contributed by atoms with Crippen LogP contribution >= 0.6 is 15.9 Å². The first-order chi connectivity index (χ1) is 6.49. The first kappa shape index (κ1) is 11.0. The molecule has 3 nitrogen and oxygen atoms in total. The van der Waals surface area contributed by atoms with Gasteiger partial charge in [0.05, 0.1) is 17.1 Å². The van der Waals surface area contributed by atoms with Crippen molar-refractivity contribution in [3.8, 4) is 11.5 Å². The van der Waals surface area contributed by atoms with Crippen molar-refractivity contribution in [1.82, 2.24) is 0 Å². The Kier molecular flexibility index (Phi) is 3.16. The number of rotatable bonds is 2. The average Bonchev–Trinajstić information content (AvgIpc) is 2.12. The van der Waals surface area contributed by atoms with Crippen LogP contribution in [0.15, 0.2) is 10.5 Å². The first-order valence-electron chi connectivity index (χ1n) is 4.06. The van der Waals surface area contributed by atoms with Crippen LogP contribution in [0, 0.1) is 6.92 Å². The van der Waals surface area contributed by atoms with Crippen LogP contribution in [-0.2, 0) is 0 Å². The molecule has 1 aromatic carbocycles. The number of hydrogen-bond acceptors (Lipinski definition) is 3. The Morgan fingerprint density at radius 1 is 1.57 bits per heavy atom. The molecular formula is C10H11BrO3. The Hall–Kier alpha value is -1.03. The van der Waals surface area contributed by atoms with Crippen LogP contribution in [-0.4, -0.2) is 18.0 Å². The number of phenolic OH excluding ortho intramolecular Hbond substituents is 1. The fourth-order valence-corrected chi connectivity index (χ4v) is 1.96. The summed E-state index contributed by atoms with van der Waals surface area (Å²) < 4.78 is 5.74. The smallest absolute Gasteiger partial charge is 0.163 e. The second-order valence-electron chi connectivity index (χ2n) is 2.97. The van der Waals surface area contributed by atoms with Crippen molar-refractivity contribution >= 4 is 21.7 Å². The summed E-state index contributed by atoms with van der Waals surface area (Å²) in [5, 5.41) is 9.68. The van der Waals surface area contributed by atoms with E-state index in [1.165, 1.54) is 14.0 Å². The lowest BCUT2D eigenvalue weighted by Crippen LogP contribution is -1.97. The van der Waals surface area contributed by atoms with E-state index in [9.17, 15) is 9.90 Å². The Morgan fingerprint density at radius 2 is 2.14 bits per heavy atom. The van der Waals surface area contributed by atoms with Crippen molar-refractivity contribution in [3.63, 3.8) is 0 Å². The van der Waals surface area contributed by atoms with E-state index in [1.807, 2.05) is 0 Å². The fourth-order valence-electron chi connectivity index (χ4n) is 1.27. The van der Waals surface area contributed by atoms with Crippen molar-refractivity contribution in [2.45, 2.75) is 13.8 Å². The zero-order valence-electron chi connectivity index (χ0n) is 8.22. The van der Waals surface area contributed by atoms with Gasteiger partial charge in [-0.15, -0.1) is 0 Å². The summed E-state index contributed by atoms with van der Waals surface area (Å²) >= 11 is 3.27. The number of phenols is 1. The van der Waals surface area contributed by atoms with Gasteiger partial charge in [0, 0.05) is 5.56 Å². The number of carbonyl (C=O) groups excluding carboxylic acids is 1. The molecule has 0 amide bonds. The molecule has 0 spiro atoms. The molecule has 0 aliphatic rings. The number of hydrogen-bond donors (Lipinski definition) is 1. The Bertz CT molecular complexity index is 385. The van der Waals surface area contributed by atoms with Gasteiger partial charge in [-0.25, -0.2) is 0 Å². The van der Waals surface area contributed by atoms with Crippen LogP contribution in [0.25, 0.3) is 0 Å². The normalized spacial score (nSPS) is 10.0. The van der Waals surface area contributed by atoms with Gasteiger partial charge in [0.25, 0.3) is 0 Å². The predicted octanol–water partition coefficient (Wildman–Crippen LogP) is 2.67. The maximum atomic E-state index is 11.1. The molecule has 76 valence electrons. The van der Waals surface area contributed by atoms with Gasteiger partial charge in [0.15, 0.2) is 5.78 Å². The van der Waals surface area contributed by atoms with Gasteiger partial charge >= 0.3 is 0 Å². The SMILES string of the molecule is COc1c(Br)cc(C(C)=O)c(O)c1C. The summed E-state index contributed by atoms with van der Waals surface area (Å²) in [6, 6.07) is 1.56. The molecule has 0 aliphatic heterocycles. The van der Waals surface area contributed by atoms with E-state index >= 15 is 0 Å². The van der Waals surface area contributed by atoms with Crippen LogP contribution < -0.4 is 4.74 Å². The summed E-state index contributed by atoms with van der Waals surface area (Å²) in [6.07, 6.45) is 0. The van der Waals surface area contributed by atoms with E-state index < -0.39 is 0 Å². The molecule has 14 heavy (non-hydrogen) atoms. The third-order valence-corrected chi connectivity index (χ3v) is 2.61. The molecule has 0 aromatic heterocycles. The summed E-state index contributed by atoms with van der Waals surface area (Å²) in [4.78, 5) is 11.1. The topological polar surface area (TPSA) is 46.5 Å². The van der Waals surface area contributed by atoms with E-state index in [4.69, 9.17) is 4.74 Å². The highest BCUT2D eigenvalue weighted by atomic mass is 79.9. The first-order valence-corrected chi connectivity index (χ1v) is 4.85. The van der Waals surface area contributed by atoms with Gasteiger partial charge in [-0.05, 0) is 35.8 Å². The van der Waals surface area contributed by atoms with Crippen LogP contribution in [0.5, 0.6) is 11.5 Å². The maximum absolute atomic E-state index is 11.1. The number of Topliss-reactive ketones (excluding diaryl/α,β-unsaturated/α-hetero) is 1. The van der Waals surface area contributed by atoms with Crippen LogP contribution in [0.3, 0.4) is 0 Å². The number of methoxy groups -OCH3 is 1. The molecule has 0 atom stereocenters. The minimum atomic E-state index is -0.172. The lowest BCUT2D eigenvalue weighted by atomic mass is 10.1. The van der Waals surface area contributed by atoms with Gasteiger partial charge in [-0.2, -0.15) is 0 Å². The van der Waals surface area contributed by atoms with Gasteiger partial charge in [0.1, 0.15) is 11.5 Å². The van der Waals surface area contributed by atoms with Gasteiger partial charge in [-0.3, -0.25) is 4.79 Å². The molecule has 0 radical (unpaired) electrons. The third-order valence-electron chi connectivity index (χ3n) is 2.02. The van der Waals surface area contributed by atoms with E-state index in [0.717, 1.165) is 0 Å². The molecule has 1 N–H and O–H groups in total. The van der Waals surface area contributed by atoms with Crippen LogP contribution in [0.1, 0.15) is 22.8 Å². The van der Waals surface area contributed by atoms with Crippen LogP contribution in [0.4, 0.5) is 0 Å². The summed E-state index contributed by atoms with van der Waals surface area (Å²) in [5.74, 6) is 0.360. The second kappa shape index (κ2) is 4.00. The Labute approximate surface area is 90.8 Å². The second-order valence-corrected chi connectivity index (χ2v) is 3.82. The molecule has 0 aliphatic carbocycles. The number of benzene rings is 1. The van der Waals surface area contributed by atoms with E-state index in [2.05, 4.69) is 15.9 Å². The molecule has 4 heteroatoms. The molecule has 0 heterocycles. The Morgan fingerprint density at radius 3 is 2.57 bits per heavy atom. The van der Waals surface area contributed by atoms with Gasteiger partial charge in [-0.1, -0.05) is 0 Å². The van der Waals surface area contributed by atoms with Crippen molar-refractivity contribution in [3.05, 3.63) is 21.7 Å². The minimum Gasteiger partial charge on any atom is -0.507 e. The Balaban J connectivity index is 3.47. The molecule has 1 aromatic rings. The van der Waals surface area contributed by atoms with Gasteiger partial charge < -0.3 is 9.84 Å². The van der Waals surface area contributed by atoms with E-state index in [1.54, 1.807) is 13.0 Å². The standard InChI is InChI=1S/C10H11BrO3/c1-5-9(13)7(6(2)12)4-8(11)10(5)14-3/h4,13H,1-3H3. The number of halogens is 1. The molecule has 0 saturated carbocycles. The highest BCUT2D eigenvalue weighted by Gasteiger charge is 2.16. The summed E-state index contributed by atoms with van der Waals surface area (Å²) in [6.45, 7) is 3.11. The lowest BCUT2D eigenvalue weighted by molar-refractivity contribution is 0.101. The number of ketones is 1. The lowest BCUT2D eigenvalue weighted by Gasteiger charge is -2.11. The zero-order valence-corrected chi connectivity index (χ0v) is 9.81. The monoisotopic (exact) mass is 258 g/mol. The van der Waals surface area contributed by atoms with E-state index in [-0.39, 0.29) is 11.5 Å². The molecule has 0 saturated heterocycles. The van der Waals surface area contributed by atoms with Crippen molar-refractivity contribution in [1.29, 1.82) is 0 Å². The average molecular weight is 259 g/mol. The fraction of sp³-hybridized carbons (Fsp3) is 0.300. The predicted molar refractivity (Wildman–Crippen MR) is 57.1 cm³/mol. The van der Waals surface area contributed by atoms with Crippen LogP contribution in [0.2, 0.25) is 0 Å². The number of carbonyl (C=O) groups is 1. The quantitative estimate of drug-likeness (QED) is 0.830. The maximum Gasteiger partial charge on any atom is 0.163 e. The highest BCUT2D eigenvalue weighted by molar-refractivity contribution is 9.10. The highest BCUT2D eigenvalue weighted by Crippen LogP contribution is 2.37. The van der Waals surface area contributed by atoms with Gasteiger partial charge in [0.2, 0.25) is 0 Å². The minimum absolute atomic E-state index is 0.0162. The molecular weight excluding hydrogens is 248 g/mol. The van der Waals surface area contributed by atoms with E-state index in [0.29, 0.717) is 21.3 Å². The van der Waals surface area contributed by atoms with Crippen molar-refractivity contribution in [2.75, 3.05) is 7.11 Å². The van der Waals surface area contributed by atoms with Crippen molar-refractivity contribution in [2.24, 2.45) is 0 Å². The number of aromatic hydroxyl groups is 1. The zero-order chi connectivity index (χ0) is 10.9. The largest absolute Gasteiger partial charge is 0.507 e. The summed E-state index contributed by atoms with van der Waals surface area (Å²) in [5.41, 5.74) is 0.863. The molecule has 1 rings (SSSR count). The number of ether oxygens (including phenoxy) is 1. The molecule has 0 unspecified atom stereocenters. The third kappa shape index (κ3) is 1.75. The molecule has 0 fully saturated rings. The summed E-state index contributed by atoms with van der Waals surface area (Å²) in [7, 11) is 1.51. The van der Waals surface area contributed by atoms with Crippen molar-refractivity contribution < 1.29 is 14.6 Å². The molecule has 0 bridgehead atoms.